The molecule has 0 saturated carbocycles. The summed E-state index contributed by atoms with van der Waals surface area (Å²) in [7, 11) is 0. The number of benzene rings is 3. The molecule has 0 atom stereocenters. The Balaban J connectivity index is 1.28. The van der Waals surface area contributed by atoms with E-state index in [-0.39, 0.29) is 18.6 Å². The first-order valence-corrected chi connectivity index (χ1v) is 13.3. The number of ether oxygens (including phenoxy) is 2. The van der Waals surface area contributed by atoms with Crippen LogP contribution in [0.15, 0.2) is 108 Å². The summed E-state index contributed by atoms with van der Waals surface area (Å²) in [6.45, 7) is 3.54. The number of aryl methyl sites for hydroxylation is 1. The lowest BCUT2D eigenvalue weighted by atomic mass is 9.94. The Labute approximate surface area is 233 Å². The van der Waals surface area contributed by atoms with Gasteiger partial charge in [-0.1, -0.05) is 60.0 Å². The second-order valence-electron chi connectivity index (χ2n) is 9.96. The number of para-hydroxylation sites is 2. The molecule has 0 N–H and O–H groups in total. The van der Waals surface area contributed by atoms with Crippen molar-refractivity contribution in [1.29, 1.82) is 0 Å². The first-order valence-electron chi connectivity index (χ1n) is 13.3. The molecular weight excluding hydrogens is 500 g/mol. The van der Waals surface area contributed by atoms with Crippen molar-refractivity contribution in [1.82, 2.24) is 4.90 Å². The predicted molar refractivity (Wildman–Crippen MR) is 154 cm³/mol. The standard InChI is InChI=1S/C34H28N2O4/c1-24-20-28(27-16-18-35(19-17-27)34(38)39-23-26-12-6-3-7-13-26)32-29(21-24)33(37)36(22-25-10-4-2-5-11-25)30-14-8-9-15-31(30)40-32/h3-4,6-16,20-21H,17-19,22-23H2,1H3. The third kappa shape index (κ3) is 5.14. The zero-order chi connectivity index (χ0) is 27.5. The molecule has 0 saturated heterocycles. The Morgan fingerprint density at radius 3 is 2.60 bits per heavy atom. The van der Waals surface area contributed by atoms with E-state index in [9.17, 15) is 9.59 Å². The van der Waals surface area contributed by atoms with Gasteiger partial charge in [-0.15, -0.1) is 0 Å². The number of rotatable bonds is 5. The molecule has 1 aliphatic carbocycles. The molecular formula is C34H28N2O4. The first kappa shape index (κ1) is 25.3. The van der Waals surface area contributed by atoms with Crippen molar-refractivity contribution in [3.8, 4) is 11.5 Å². The number of hydrogen-bond donors (Lipinski definition) is 0. The van der Waals surface area contributed by atoms with Gasteiger partial charge in [-0.25, -0.2) is 4.79 Å². The van der Waals surface area contributed by atoms with Crippen LogP contribution in [0.2, 0.25) is 0 Å². The van der Waals surface area contributed by atoms with Crippen LogP contribution >= 0.6 is 0 Å². The number of carbonyl (C=O) groups is 2. The molecule has 6 nitrogen and oxygen atoms in total. The molecule has 6 heteroatoms. The van der Waals surface area contributed by atoms with E-state index in [1.807, 2.05) is 85.8 Å². The van der Waals surface area contributed by atoms with Crippen molar-refractivity contribution in [2.24, 2.45) is 0 Å². The lowest BCUT2D eigenvalue weighted by Gasteiger charge is -2.27. The number of allylic oxidation sites excluding steroid dienone is 2. The third-order valence-electron chi connectivity index (χ3n) is 7.16. The highest BCUT2D eigenvalue weighted by atomic mass is 16.6. The van der Waals surface area contributed by atoms with Gasteiger partial charge in [0.05, 0.1) is 17.8 Å². The largest absolute Gasteiger partial charge is 0.454 e. The quantitative estimate of drug-likeness (QED) is 0.335. The van der Waals surface area contributed by atoms with Gasteiger partial charge in [-0.2, -0.15) is 0 Å². The van der Waals surface area contributed by atoms with E-state index in [1.165, 1.54) is 0 Å². The predicted octanol–water partition coefficient (Wildman–Crippen LogP) is 6.98. The van der Waals surface area contributed by atoms with E-state index in [1.54, 1.807) is 15.9 Å². The minimum atomic E-state index is -0.339. The number of fused-ring (bicyclic) bond motifs is 2. The number of nitrogens with zero attached hydrogens (tertiary/aromatic N) is 2. The van der Waals surface area contributed by atoms with E-state index < -0.39 is 0 Å². The van der Waals surface area contributed by atoms with Gasteiger partial charge in [0, 0.05) is 18.7 Å². The number of hydrogen-bond acceptors (Lipinski definition) is 4. The molecule has 0 aromatic heterocycles. The van der Waals surface area contributed by atoms with Crippen LogP contribution in [-0.4, -0.2) is 36.5 Å². The van der Waals surface area contributed by atoms with Gasteiger partial charge in [0.2, 0.25) is 0 Å². The van der Waals surface area contributed by atoms with Crippen LogP contribution in [-0.2, 0) is 11.3 Å². The fourth-order valence-corrected chi connectivity index (χ4v) is 5.12. The smallest absolute Gasteiger partial charge is 0.410 e. The van der Waals surface area contributed by atoms with Crippen LogP contribution in [0.25, 0.3) is 5.57 Å². The second kappa shape index (κ2) is 11.0. The normalized spacial score (nSPS) is 15.5. The number of amides is 2. The fourth-order valence-electron chi connectivity index (χ4n) is 5.12. The summed E-state index contributed by atoms with van der Waals surface area (Å²) >= 11 is 0. The Morgan fingerprint density at radius 2 is 1.82 bits per heavy atom. The van der Waals surface area contributed by atoms with E-state index in [2.05, 4.69) is 17.5 Å². The third-order valence-corrected chi connectivity index (χ3v) is 7.16. The molecule has 0 bridgehead atoms. The maximum Gasteiger partial charge on any atom is 0.410 e. The average Bonchev–Trinajstić information content (AvgIpc) is 3.11. The zero-order valence-electron chi connectivity index (χ0n) is 22.2. The summed E-state index contributed by atoms with van der Waals surface area (Å²) in [5.41, 5.74) is 11.9. The highest BCUT2D eigenvalue weighted by Gasteiger charge is 2.32. The van der Waals surface area contributed by atoms with E-state index in [0.29, 0.717) is 48.8 Å². The van der Waals surface area contributed by atoms with Gasteiger partial charge < -0.3 is 19.3 Å². The summed E-state index contributed by atoms with van der Waals surface area (Å²) in [6.07, 6.45) is 7.88. The van der Waals surface area contributed by atoms with Crippen LogP contribution < -0.4 is 9.64 Å². The zero-order valence-corrected chi connectivity index (χ0v) is 22.2. The minimum absolute atomic E-state index is 0.125. The molecule has 3 aromatic carbocycles. The monoisotopic (exact) mass is 528 g/mol. The van der Waals surface area contributed by atoms with Crippen molar-refractivity contribution in [2.75, 3.05) is 24.5 Å². The molecule has 40 heavy (non-hydrogen) atoms. The summed E-state index contributed by atoms with van der Waals surface area (Å²) in [4.78, 5) is 30.2. The van der Waals surface area contributed by atoms with Crippen LogP contribution in [0.4, 0.5) is 10.5 Å². The van der Waals surface area contributed by atoms with Crippen LogP contribution in [0.1, 0.15) is 33.5 Å². The fraction of sp³-hybridized carbons (Fsp3) is 0.176. The maximum atomic E-state index is 14.1. The maximum absolute atomic E-state index is 14.1. The molecule has 2 amide bonds. The molecule has 0 fully saturated rings. The highest BCUT2D eigenvalue weighted by Crippen LogP contribution is 2.44. The van der Waals surface area contributed by atoms with Crippen LogP contribution in [0.3, 0.4) is 0 Å². The van der Waals surface area contributed by atoms with E-state index in [4.69, 9.17) is 9.47 Å². The Hall–Kier alpha value is -5.02. The van der Waals surface area contributed by atoms with Gasteiger partial charge in [-0.3, -0.25) is 4.79 Å². The summed E-state index contributed by atoms with van der Waals surface area (Å²) in [5.74, 6) is 1.04. The molecule has 3 aliphatic rings. The summed E-state index contributed by atoms with van der Waals surface area (Å²) < 4.78 is 12.0. The average molecular weight is 529 g/mol. The number of carbonyl (C=O) groups excluding carboxylic acids is 2. The van der Waals surface area contributed by atoms with Crippen molar-refractivity contribution in [3.05, 3.63) is 130 Å². The van der Waals surface area contributed by atoms with Gasteiger partial charge in [0.1, 0.15) is 12.4 Å². The van der Waals surface area contributed by atoms with Gasteiger partial charge in [0.25, 0.3) is 5.91 Å². The molecule has 2 aliphatic heterocycles. The molecule has 0 spiro atoms. The van der Waals surface area contributed by atoms with Crippen LogP contribution in [0.5, 0.6) is 11.5 Å². The molecule has 2 heterocycles. The van der Waals surface area contributed by atoms with Crippen LogP contribution in [0, 0.1) is 6.92 Å². The molecule has 6 rings (SSSR count). The van der Waals surface area contributed by atoms with Gasteiger partial charge >= 0.3 is 6.09 Å². The topological polar surface area (TPSA) is 59.1 Å². The highest BCUT2D eigenvalue weighted by molar-refractivity contribution is 6.11. The van der Waals surface area contributed by atoms with E-state index >= 15 is 0 Å². The van der Waals surface area contributed by atoms with Gasteiger partial charge in [0.15, 0.2) is 5.75 Å². The molecule has 198 valence electrons. The first-order chi connectivity index (χ1) is 19.6. The molecule has 3 aromatic rings. The second-order valence-corrected chi connectivity index (χ2v) is 9.96. The molecule has 0 radical (unpaired) electrons. The summed E-state index contributed by atoms with van der Waals surface area (Å²) in [5, 5.41) is 0. The van der Waals surface area contributed by atoms with Crippen molar-refractivity contribution >= 4 is 23.3 Å². The lowest BCUT2D eigenvalue weighted by molar-refractivity contribution is 0.0986. The lowest BCUT2D eigenvalue weighted by Crippen LogP contribution is -2.35. The Morgan fingerprint density at radius 1 is 1.02 bits per heavy atom. The molecule has 0 unspecified atom stereocenters. The SMILES string of the molecule is Cc1cc2c(c(C3=CCN(C(=O)OCc4ccccc4)CC3)c1)Oc1ccccc1N(CC1=CC=C=C=C1)C2=O. The Kier molecular flexibility index (Phi) is 6.95. The minimum Gasteiger partial charge on any atom is -0.454 e. The van der Waals surface area contributed by atoms with E-state index in [0.717, 1.165) is 27.8 Å². The van der Waals surface area contributed by atoms with Crippen molar-refractivity contribution in [3.63, 3.8) is 0 Å². The summed E-state index contributed by atoms with van der Waals surface area (Å²) in [6, 6.07) is 21.2. The van der Waals surface area contributed by atoms with Crippen molar-refractivity contribution < 1.29 is 19.1 Å². The number of anilines is 1. The van der Waals surface area contributed by atoms with Gasteiger partial charge in [-0.05, 0) is 78.1 Å². The van der Waals surface area contributed by atoms with Crippen molar-refractivity contribution in [2.45, 2.75) is 20.0 Å². The Bertz CT molecular complexity index is 1650.